The molecule has 1 aromatic heterocycles. The Balaban J connectivity index is 2.06. The minimum absolute atomic E-state index is 0.872. The van der Waals surface area contributed by atoms with Crippen LogP contribution in [0.15, 0.2) is 5.16 Å². The van der Waals surface area contributed by atoms with Gasteiger partial charge in [-0.3, -0.25) is 5.10 Å². The van der Waals surface area contributed by atoms with E-state index in [9.17, 15) is 0 Å². The van der Waals surface area contributed by atoms with E-state index >= 15 is 0 Å². The summed E-state index contributed by atoms with van der Waals surface area (Å²) in [5.41, 5.74) is 0. The van der Waals surface area contributed by atoms with Gasteiger partial charge in [0.1, 0.15) is 5.82 Å². The number of aryl methyl sites for hydroxylation is 1. The lowest BCUT2D eigenvalue weighted by molar-refractivity contribution is 0.787. The number of aromatic nitrogens is 3. The largest absolute Gasteiger partial charge is 0.262 e. The lowest BCUT2D eigenvalue weighted by Crippen LogP contribution is -1.83. The van der Waals surface area contributed by atoms with Crippen LogP contribution in [0.4, 0.5) is 0 Å². The Morgan fingerprint density at radius 3 is 2.85 bits per heavy atom. The summed E-state index contributed by atoms with van der Waals surface area (Å²) in [6.07, 6.45) is 3.78. The van der Waals surface area contributed by atoms with Crippen LogP contribution in [0, 0.1) is 6.92 Å². The second kappa shape index (κ2) is 6.43. The van der Waals surface area contributed by atoms with E-state index in [4.69, 9.17) is 0 Å². The molecule has 5 heteroatoms. The van der Waals surface area contributed by atoms with E-state index < -0.39 is 0 Å². The summed E-state index contributed by atoms with van der Waals surface area (Å²) in [5, 5.41) is 8.86. The van der Waals surface area contributed by atoms with Gasteiger partial charge in [-0.25, -0.2) is 4.98 Å². The van der Waals surface area contributed by atoms with Crippen molar-refractivity contribution in [3.63, 3.8) is 0 Å². The molecule has 0 saturated heterocycles. The highest BCUT2D eigenvalue weighted by Gasteiger charge is 1.99. The van der Waals surface area contributed by atoms with E-state index in [1.54, 1.807) is 11.8 Å². The van der Waals surface area contributed by atoms with Gasteiger partial charge in [-0.05, 0) is 19.8 Å². The molecule has 0 unspecified atom stereocenters. The molecule has 0 aliphatic heterocycles. The number of alkyl halides is 1. The molecule has 3 nitrogen and oxygen atoms in total. The summed E-state index contributed by atoms with van der Waals surface area (Å²) in [4.78, 5) is 4.22. The van der Waals surface area contributed by atoms with E-state index in [2.05, 4.69) is 31.1 Å². The molecule has 0 amide bonds. The third-order valence-corrected chi connectivity index (χ3v) is 3.08. The average molecular weight is 264 g/mol. The van der Waals surface area contributed by atoms with Gasteiger partial charge < -0.3 is 0 Å². The topological polar surface area (TPSA) is 41.6 Å². The van der Waals surface area contributed by atoms with Crippen molar-refractivity contribution in [1.29, 1.82) is 0 Å². The second-order valence-corrected chi connectivity index (χ2v) is 4.66. The molecule has 1 rings (SSSR count). The quantitative estimate of drug-likeness (QED) is 0.488. The number of thioether (sulfide) groups is 1. The van der Waals surface area contributed by atoms with Crippen molar-refractivity contribution in [1.82, 2.24) is 15.2 Å². The minimum Gasteiger partial charge on any atom is -0.262 e. The maximum atomic E-state index is 4.22. The van der Waals surface area contributed by atoms with E-state index in [1.807, 2.05) is 6.92 Å². The molecule has 1 heterocycles. The fraction of sp³-hybridized carbons (Fsp3) is 0.750. The van der Waals surface area contributed by atoms with Crippen molar-refractivity contribution in [2.45, 2.75) is 31.3 Å². The normalized spacial score (nSPS) is 10.6. The highest BCUT2D eigenvalue weighted by atomic mass is 79.9. The standard InChI is InChI=1S/C8H14BrN3S/c1-7-10-8(12-11-7)13-6-4-2-3-5-9/h2-6H2,1H3,(H,10,11,12). The van der Waals surface area contributed by atoms with Gasteiger partial charge in [0.05, 0.1) is 0 Å². The zero-order valence-electron chi connectivity index (χ0n) is 7.72. The van der Waals surface area contributed by atoms with Gasteiger partial charge >= 0.3 is 0 Å². The van der Waals surface area contributed by atoms with Crippen LogP contribution in [0.5, 0.6) is 0 Å². The van der Waals surface area contributed by atoms with E-state index in [0.29, 0.717) is 0 Å². The summed E-state index contributed by atoms with van der Waals surface area (Å²) >= 11 is 5.14. The van der Waals surface area contributed by atoms with Crippen molar-refractivity contribution in [2.75, 3.05) is 11.1 Å². The molecule has 0 aliphatic carbocycles. The number of aromatic amines is 1. The van der Waals surface area contributed by atoms with Crippen molar-refractivity contribution < 1.29 is 0 Å². The Morgan fingerprint density at radius 1 is 1.38 bits per heavy atom. The molecule has 0 spiro atoms. The molecule has 1 N–H and O–H groups in total. The molecular weight excluding hydrogens is 250 g/mol. The number of halogens is 1. The van der Waals surface area contributed by atoms with Crippen LogP contribution in [0.2, 0.25) is 0 Å². The van der Waals surface area contributed by atoms with Crippen LogP contribution >= 0.6 is 27.7 Å². The first-order valence-corrected chi connectivity index (χ1v) is 6.51. The van der Waals surface area contributed by atoms with Crippen LogP contribution in [-0.2, 0) is 0 Å². The summed E-state index contributed by atoms with van der Waals surface area (Å²) in [7, 11) is 0. The highest BCUT2D eigenvalue weighted by Crippen LogP contribution is 2.14. The second-order valence-electron chi connectivity index (χ2n) is 2.80. The monoisotopic (exact) mass is 263 g/mol. The molecular formula is C8H14BrN3S. The van der Waals surface area contributed by atoms with Crippen LogP contribution < -0.4 is 0 Å². The Bertz CT molecular complexity index is 239. The van der Waals surface area contributed by atoms with Gasteiger partial charge in [0.25, 0.3) is 0 Å². The first-order valence-electron chi connectivity index (χ1n) is 4.40. The third kappa shape index (κ3) is 4.67. The van der Waals surface area contributed by atoms with Crippen LogP contribution in [0.3, 0.4) is 0 Å². The lowest BCUT2D eigenvalue weighted by atomic mass is 10.3. The number of hydrogen-bond acceptors (Lipinski definition) is 3. The molecule has 0 bridgehead atoms. The van der Waals surface area contributed by atoms with Crippen molar-refractivity contribution in [3.8, 4) is 0 Å². The van der Waals surface area contributed by atoms with Gasteiger partial charge in [-0.1, -0.05) is 34.1 Å². The van der Waals surface area contributed by atoms with Crippen LogP contribution in [0.1, 0.15) is 25.1 Å². The number of rotatable bonds is 6. The lowest BCUT2D eigenvalue weighted by Gasteiger charge is -1.95. The summed E-state index contributed by atoms with van der Waals surface area (Å²) < 4.78 is 0. The highest BCUT2D eigenvalue weighted by molar-refractivity contribution is 9.09. The van der Waals surface area contributed by atoms with Gasteiger partial charge in [0, 0.05) is 11.1 Å². The van der Waals surface area contributed by atoms with Crippen molar-refractivity contribution in [3.05, 3.63) is 5.82 Å². The predicted molar refractivity (Wildman–Crippen MR) is 59.5 cm³/mol. The van der Waals surface area contributed by atoms with E-state index in [0.717, 1.165) is 22.1 Å². The predicted octanol–water partition coefficient (Wildman–Crippen LogP) is 2.77. The van der Waals surface area contributed by atoms with Gasteiger partial charge in [0.2, 0.25) is 5.16 Å². The Hall–Kier alpha value is -0.0300. The smallest absolute Gasteiger partial charge is 0.208 e. The molecule has 13 heavy (non-hydrogen) atoms. The molecule has 0 radical (unpaired) electrons. The zero-order valence-corrected chi connectivity index (χ0v) is 10.1. The SMILES string of the molecule is Cc1nc(SCCCCCBr)n[nH]1. The Kier molecular flexibility index (Phi) is 5.46. The van der Waals surface area contributed by atoms with Crippen molar-refractivity contribution >= 4 is 27.7 Å². The summed E-state index contributed by atoms with van der Waals surface area (Å²) in [6, 6.07) is 0. The number of unbranched alkanes of at least 4 members (excludes halogenated alkanes) is 2. The van der Waals surface area contributed by atoms with Gasteiger partial charge in [-0.15, -0.1) is 5.10 Å². The first kappa shape index (κ1) is 11.0. The molecule has 0 saturated carbocycles. The number of nitrogens with zero attached hydrogens (tertiary/aromatic N) is 2. The summed E-state index contributed by atoms with van der Waals surface area (Å²) in [5.74, 6) is 2.01. The molecule has 1 aromatic rings. The zero-order chi connectivity index (χ0) is 9.52. The maximum absolute atomic E-state index is 4.22. The third-order valence-electron chi connectivity index (χ3n) is 1.59. The molecule has 74 valence electrons. The summed E-state index contributed by atoms with van der Waals surface area (Å²) in [6.45, 7) is 1.92. The van der Waals surface area contributed by atoms with E-state index in [1.165, 1.54) is 19.3 Å². The van der Waals surface area contributed by atoms with Crippen molar-refractivity contribution in [2.24, 2.45) is 0 Å². The Labute approximate surface area is 91.2 Å². The number of nitrogens with one attached hydrogen (secondary N) is 1. The average Bonchev–Trinajstić information content (AvgIpc) is 2.51. The van der Waals surface area contributed by atoms with Gasteiger partial charge in [0.15, 0.2) is 0 Å². The maximum Gasteiger partial charge on any atom is 0.208 e. The minimum atomic E-state index is 0.872. The molecule has 0 aromatic carbocycles. The van der Waals surface area contributed by atoms with Crippen LogP contribution in [0.25, 0.3) is 0 Å². The Morgan fingerprint density at radius 2 is 2.23 bits per heavy atom. The fourth-order valence-corrected chi connectivity index (χ4v) is 2.16. The molecule has 0 aliphatic rings. The fourth-order valence-electron chi connectivity index (χ4n) is 0.924. The van der Waals surface area contributed by atoms with Gasteiger partial charge in [-0.2, -0.15) is 0 Å². The van der Waals surface area contributed by atoms with Crippen LogP contribution in [-0.4, -0.2) is 26.3 Å². The van der Waals surface area contributed by atoms with E-state index in [-0.39, 0.29) is 0 Å². The number of H-pyrrole nitrogens is 1. The molecule has 0 fully saturated rings. The number of hydrogen-bond donors (Lipinski definition) is 1. The first-order chi connectivity index (χ1) is 6.33. The molecule has 0 atom stereocenters.